The Bertz CT molecular complexity index is 1550. The zero-order valence-corrected chi connectivity index (χ0v) is 22.6. The molecule has 11 nitrogen and oxygen atoms in total. The standard InChI is InChI=1S/C29H29N3O8/c1-13-25(37)23(15(3)33)27-24(26(13)38)29(5)20(40-27)12-19(35)22(28(29)39)14(2)30-11-10-21(36)32-18-8-6-17(7-9-18)31-16(4)34/h6-9,12,30,37-38H,10-11H2,1-5H3,(H,31,34)(H,32,36). The van der Waals surface area contributed by atoms with E-state index in [1.165, 1.54) is 34.6 Å². The number of Topliss-reactive ketones (excluding diaryl/α,β-unsaturated/α-hetero) is 2. The van der Waals surface area contributed by atoms with Crippen LogP contribution in [0.1, 0.15) is 55.6 Å². The van der Waals surface area contributed by atoms with Gasteiger partial charge in [0.15, 0.2) is 17.3 Å². The van der Waals surface area contributed by atoms with Gasteiger partial charge in [0.25, 0.3) is 0 Å². The average Bonchev–Trinajstić information content (AvgIpc) is 3.16. The molecule has 2 aromatic rings. The van der Waals surface area contributed by atoms with Crippen molar-refractivity contribution in [3.63, 3.8) is 0 Å². The number of phenolic OH excluding ortho intramolecular Hbond substituents is 2. The highest BCUT2D eigenvalue weighted by Crippen LogP contribution is 2.57. The lowest BCUT2D eigenvalue weighted by Crippen LogP contribution is -2.41. The molecule has 0 radical (unpaired) electrons. The summed E-state index contributed by atoms with van der Waals surface area (Å²) in [5.74, 6) is -3.42. The molecule has 1 unspecified atom stereocenters. The molecule has 4 rings (SSSR count). The van der Waals surface area contributed by atoms with Gasteiger partial charge in [0.05, 0.1) is 11.1 Å². The van der Waals surface area contributed by atoms with E-state index in [-0.39, 0.29) is 64.2 Å². The van der Waals surface area contributed by atoms with E-state index in [4.69, 9.17) is 4.74 Å². The number of benzene rings is 2. The number of ether oxygens (including phenoxy) is 1. The summed E-state index contributed by atoms with van der Waals surface area (Å²) < 4.78 is 5.75. The number of amides is 2. The molecule has 40 heavy (non-hydrogen) atoms. The minimum absolute atomic E-state index is 0.00551. The van der Waals surface area contributed by atoms with Crippen molar-refractivity contribution in [3.05, 3.63) is 64.1 Å². The first-order chi connectivity index (χ1) is 18.8. The van der Waals surface area contributed by atoms with Crippen molar-refractivity contribution in [1.29, 1.82) is 0 Å². The number of allylic oxidation sites excluding steroid dienone is 4. The number of phenols is 2. The van der Waals surface area contributed by atoms with Gasteiger partial charge in [-0.2, -0.15) is 0 Å². The van der Waals surface area contributed by atoms with Crippen LogP contribution in [0.15, 0.2) is 47.4 Å². The van der Waals surface area contributed by atoms with Crippen LogP contribution >= 0.6 is 0 Å². The zero-order chi connectivity index (χ0) is 29.5. The smallest absolute Gasteiger partial charge is 0.226 e. The van der Waals surface area contributed by atoms with E-state index in [1.807, 2.05) is 0 Å². The van der Waals surface area contributed by atoms with Crippen LogP contribution in [0.5, 0.6) is 17.2 Å². The fourth-order valence-electron chi connectivity index (χ4n) is 4.88. The zero-order valence-electron chi connectivity index (χ0n) is 22.6. The van der Waals surface area contributed by atoms with Gasteiger partial charge in [0, 0.05) is 48.6 Å². The number of carbonyl (C=O) groups is 5. The van der Waals surface area contributed by atoms with Gasteiger partial charge in [-0.3, -0.25) is 24.0 Å². The van der Waals surface area contributed by atoms with Gasteiger partial charge in [-0.1, -0.05) is 0 Å². The molecule has 5 N–H and O–H groups in total. The number of nitrogens with one attached hydrogen (secondary N) is 3. The third kappa shape index (κ3) is 4.70. The molecule has 2 aliphatic rings. The Kier molecular flexibility index (Phi) is 7.25. The predicted molar refractivity (Wildman–Crippen MR) is 145 cm³/mol. The monoisotopic (exact) mass is 547 g/mol. The normalized spacial score (nSPS) is 18.7. The molecule has 0 saturated carbocycles. The average molecular weight is 548 g/mol. The van der Waals surface area contributed by atoms with Gasteiger partial charge in [0.2, 0.25) is 11.8 Å². The SMILES string of the molecule is CC(=O)Nc1ccc(NC(=O)CCNC(C)=C2C(=O)C=C3Oc4c(C(C)=O)c(O)c(C)c(O)c4C3(C)C2=O)cc1. The molecule has 1 aliphatic carbocycles. The third-order valence-corrected chi connectivity index (χ3v) is 6.99. The highest BCUT2D eigenvalue weighted by Gasteiger charge is 2.56. The van der Waals surface area contributed by atoms with Crippen LogP contribution in [0, 0.1) is 6.92 Å². The van der Waals surface area contributed by atoms with Crippen LogP contribution in [0.4, 0.5) is 11.4 Å². The van der Waals surface area contributed by atoms with Crippen molar-refractivity contribution in [3.8, 4) is 17.2 Å². The van der Waals surface area contributed by atoms with Crippen LogP contribution in [0.2, 0.25) is 0 Å². The Morgan fingerprint density at radius 1 is 0.950 bits per heavy atom. The van der Waals surface area contributed by atoms with Gasteiger partial charge in [-0.05, 0) is 52.0 Å². The Morgan fingerprint density at radius 3 is 2.12 bits per heavy atom. The molecule has 0 fully saturated rings. The number of fused-ring (bicyclic) bond motifs is 3. The lowest BCUT2D eigenvalue weighted by Gasteiger charge is -2.29. The highest BCUT2D eigenvalue weighted by molar-refractivity contribution is 6.31. The van der Waals surface area contributed by atoms with Gasteiger partial charge >= 0.3 is 0 Å². The maximum Gasteiger partial charge on any atom is 0.226 e. The van der Waals surface area contributed by atoms with Gasteiger partial charge in [-0.25, -0.2) is 0 Å². The number of hydrogen-bond donors (Lipinski definition) is 5. The fourth-order valence-corrected chi connectivity index (χ4v) is 4.88. The van der Waals surface area contributed by atoms with E-state index in [0.717, 1.165) is 6.08 Å². The minimum Gasteiger partial charge on any atom is -0.507 e. The summed E-state index contributed by atoms with van der Waals surface area (Å²) in [5, 5.41) is 29.7. The largest absolute Gasteiger partial charge is 0.507 e. The van der Waals surface area contributed by atoms with Crippen molar-refractivity contribution in [2.45, 2.75) is 46.5 Å². The molecule has 0 spiro atoms. The Hall–Kier alpha value is -4.93. The van der Waals surface area contributed by atoms with Crippen molar-refractivity contribution in [2.24, 2.45) is 0 Å². The molecule has 2 aromatic carbocycles. The maximum atomic E-state index is 13.8. The minimum atomic E-state index is -1.62. The quantitative estimate of drug-likeness (QED) is 0.198. The summed E-state index contributed by atoms with van der Waals surface area (Å²) in [6, 6.07) is 6.59. The number of carbonyl (C=O) groups excluding carboxylic acids is 5. The molecule has 0 bridgehead atoms. The van der Waals surface area contributed by atoms with E-state index < -0.39 is 34.3 Å². The van der Waals surface area contributed by atoms with Crippen LogP contribution < -0.4 is 20.7 Å². The second-order valence-corrected chi connectivity index (χ2v) is 9.87. The Morgan fingerprint density at radius 2 is 1.55 bits per heavy atom. The molecule has 0 aromatic heterocycles. The van der Waals surface area contributed by atoms with Crippen molar-refractivity contribution in [1.82, 2.24) is 5.32 Å². The van der Waals surface area contributed by atoms with Crippen LogP contribution in [0.3, 0.4) is 0 Å². The van der Waals surface area contributed by atoms with E-state index >= 15 is 0 Å². The molecule has 1 atom stereocenters. The molecular weight excluding hydrogens is 518 g/mol. The van der Waals surface area contributed by atoms with Gasteiger partial charge in [0.1, 0.15) is 34.0 Å². The third-order valence-electron chi connectivity index (χ3n) is 6.99. The van der Waals surface area contributed by atoms with Crippen molar-refractivity contribution in [2.75, 3.05) is 17.2 Å². The Balaban J connectivity index is 1.53. The topological polar surface area (TPSA) is 171 Å². The summed E-state index contributed by atoms with van der Waals surface area (Å²) in [4.78, 5) is 62.6. The van der Waals surface area contributed by atoms with E-state index in [9.17, 15) is 34.2 Å². The lowest BCUT2D eigenvalue weighted by atomic mass is 9.70. The number of rotatable bonds is 7. The number of hydrogen-bond acceptors (Lipinski definition) is 9. The second-order valence-electron chi connectivity index (χ2n) is 9.87. The first kappa shape index (κ1) is 28.1. The van der Waals surface area contributed by atoms with Gasteiger partial charge < -0.3 is 30.9 Å². The maximum absolute atomic E-state index is 13.8. The lowest BCUT2D eigenvalue weighted by molar-refractivity contribution is -0.123. The van der Waals surface area contributed by atoms with Crippen LogP contribution in [-0.4, -0.2) is 45.9 Å². The first-order valence-electron chi connectivity index (χ1n) is 12.5. The Labute approximate surface area is 229 Å². The summed E-state index contributed by atoms with van der Waals surface area (Å²) in [6.45, 7) is 7.15. The van der Waals surface area contributed by atoms with Crippen molar-refractivity contribution < 1.29 is 38.9 Å². The number of aromatic hydroxyl groups is 2. The molecule has 1 aliphatic heterocycles. The summed E-state index contributed by atoms with van der Waals surface area (Å²) in [6.07, 6.45) is 1.15. The van der Waals surface area contributed by atoms with E-state index in [1.54, 1.807) is 24.3 Å². The molecule has 11 heteroatoms. The van der Waals surface area contributed by atoms with Crippen molar-refractivity contribution >= 4 is 40.5 Å². The number of ketones is 3. The summed E-state index contributed by atoms with van der Waals surface area (Å²) >= 11 is 0. The van der Waals surface area contributed by atoms with Crippen LogP contribution in [-0.2, 0) is 24.6 Å². The molecule has 0 saturated heterocycles. The summed E-state index contributed by atoms with van der Waals surface area (Å²) in [5.41, 5.74) is -0.603. The molecule has 208 valence electrons. The van der Waals surface area contributed by atoms with E-state index in [0.29, 0.717) is 11.4 Å². The summed E-state index contributed by atoms with van der Waals surface area (Å²) in [7, 11) is 0. The predicted octanol–water partition coefficient (Wildman–Crippen LogP) is 3.15. The van der Waals surface area contributed by atoms with Gasteiger partial charge in [-0.15, -0.1) is 0 Å². The first-order valence-corrected chi connectivity index (χ1v) is 12.5. The molecule has 1 heterocycles. The molecule has 2 amide bonds. The highest BCUT2D eigenvalue weighted by atomic mass is 16.5. The number of anilines is 2. The van der Waals surface area contributed by atoms with E-state index in [2.05, 4.69) is 16.0 Å². The van der Waals surface area contributed by atoms with Crippen LogP contribution in [0.25, 0.3) is 0 Å². The second kappa shape index (κ2) is 10.3. The molecular formula is C29H29N3O8. The fraction of sp³-hybridized carbons (Fsp3) is 0.276.